The molecule has 8 heteroatoms. The van der Waals surface area contributed by atoms with E-state index < -0.39 is 43.5 Å². The fraction of sp³-hybridized carbons (Fsp3) is 0.227. The highest BCUT2D eigenvalue weighted by molar-refractivity contribution is 5.98. The van der Waals surface area contributed by atoms with Gasteiger partial charge in [-0.25, -0.2) is 9.97 Å². The summed E-state index contributed by atoms with van der Waals surface area (Å²) >= 11 is 0. The molecule has 0 radical (unpaired) electrons. The number of aromatic nitrogens is 2. The van der Waals surface area contributed by atoms with Crippen LogP contribution < -0.4 is 9.47 Å². The van der Waals surface area contributed by atoms with Crippen molar-refractivity contribution in [2.45, 2.75) is 19.6 Å². The van der Waals surface area contributed by atoms with Gasteiger partial charge in [-0.15, -0.1) is 0 Å². The molecule has 3 aromatic rings. The zero-order valence-corrected chi connectivity index (χ0v) is 15.8. The molecule has 30 heavy (non-hydrogen) atoms. The summed E-state index contributed by atoms with van der Waals surface area (Å²) in [5, 5.41) is 0. The Kier molecular flexibility index (Phi) is 3.88. The van der Waals surface area contributed by atoms with Crippen molar-refractivity contribution in [3.05, 3.63) is 72.2 Å². The van der Waals surface area contributed by atoms with E-state index in [1.807, 2.05) is 0 Å². The number of ether oxygens (including phenoxy) is 2. The molecule has 0 fully saturated rings. The molecule has 0 N–H and O–H groups in total. The first-order valence-electron chi connectivity index (χ1n) is 11.4. The summed E-state index contributed by atoms with van der Waals surface area (Å²) in [6, 6.07) is 9.92. The molecule has 154 valence electrons. The lowest BCUT2D eigenvalue weighted by Gasteiger charge is -2.19. The Morgan fingerprint density at radius 3 is 2.60 bits per heavy atom. The number of carbonyl (C=O) groups is 1. The largest absolute Gasteiger partial charge is 0.491 e. The van der Waals surface area contributed by atoms with Gasteiger partial charge in [0.15, 0.2) is 0 Å². The third-order valence-electron chi connectivity index (χ3n) is 4.23. The molecule has 2 aromatic carbocycles. The number of hydrogen-bond acceptors (Lipinski definition) is 5. The van der Waals surface area contributed by atoms with Gasteiger partial charge in [0.2, 0.25) is 0 Å². The van der Waals surface area contributed by atoms with Crippen LogP contribution in [-0.4, -0.2) is 40.0 Å². The first kappa shape index (κ1) is 14.4. The third-order valence-corrected chi connectivity index (χ3v) is 4.23. The van der Waals surface area contributed by atoms with Crippen molar-refractivity contribution in [2.24, 2.45) is 0 Å². The summed E-state index contributed by atoms with van der Waals surface area (Å²) < 4.78 is 75.3. The van der Waals surface area contributed by atoms with Crippen LogP contribution in [0, 0.1) is 0 Å². The zero-order chi connectivity index (χ0) is 25.5. The Morgan fingerprint density at radius 1 is 1.20 bits per heavy atom. The molecule has 0 atom stereocenters. The summed E-state index contributed by atoms with van der Waals surface area (Å²) in [6.45, 7) is -2.40. The van der Waals surface area contributed by atoms with Crippen LogP contribution in [0.2, 0.25) is 0 Å². The SMILES string of the molecule is [2H]c1nc(CN2CC([2H])([2H])Oc3ccc(-c4ccc(OC(C)(F)F)cc4)cc3C2=O)nc([2H])c1[2H]. The van der Waals surface area contributed by atoms with Crippen molar-refractivity contribution in [3.63, 3.8) is 0 Å². The van der Waals surface area contributed by atoms with Gasteiger partial charge in [-0.3, -0.25) is 4.79 Å². The maximum Gasteiger partial charge on any atom is 0.394 e. The molecule has 4 rings (SSSR count). The molecule has 1 aromatic heterocycles. The van der Waals surface area contributed by atoms with E-state index in [0.29, 0.717) is 18.1 Å². The number of hydrogen-bond donors (Lipinski definition) is 0. The molecule has 0 spiro atoms. The highest BCUT2D eigenvalue weighted by atomic mass is 19.3. The number of carbonyl (C=O) groups excluding carboxylic acids is 1. The molecule has 0 aliphatic carbocycles. The van der Waals surface area contributed by atoms with Crippen LogP contribution in [0.5, 0.6) is 11.5 Å². The predicted molar refractivity (Wildman–Crippen MR) is 105 cm³/mol. The van der Waals surface area contributed by atoms with E-state index >= 15 is 0 Å². The number of benzene rings is 2. The Labute approximate surface area is 179 Å². The van der Waals surface area contributed by atoms with E-state index in [-0.39, 0.29) is 29.4 Å². The van der Waals surface area contributed by atoms with E-state index in [4.69, 9.17) is 11.6 Å². The lowest BCUT2D eigenvalue weighted by molar-refractivity contribution is -0.158. The molecule has 6 nitrogen and oxygen atoms in total. The number of rotatable bonds is 5. The van der Waals surface area contributed by atoms with Crippen molar-refractivity contribution >= 4 is 5.91 Å². The minimum atomic E-state index is -3.33. The van der Waals surface area contributed by atoms with Gasteiger partial charge in [0.05, 0.1) is 25.5 Å². The lowest BCUT2D eigenvalue weighted by Crippen LogP contribution is -2.32. The van der Waals surface area contributed by atoms with Crippen LogP contribution in [0.1, 0.15) is 30.0 Å². The topological polar surface area (TPSA) is 64.6 Å². The second-order valence-corrected chi connectivity index (χ2v) is 6.54. The van der Waals surface area contributed by atoms with Gasteiger partial charge in [0, 0.05) is 19.3 Å². The van der Waals surface area contributed by atoms with Crippen LogP contribution in [0.4, 0.5) is 8.78 Å². The van der Waals surface area contributed by atoms with Crippen LogP contribution in [0.15, 0.2) is 60.9 Å². The fourth-order valence-electron chi connectivity index (χ4n) is 2.92. The van der Waals surface area contributed by atoms with Crippen molar-refractivity contribution in [1.29, 1.82) is 0 Å². The highest BCUT2D eigenvalue weighted by Gasteiger charge is 2.25. The maximum atomic E-state index is 13.3. The Balaban J connectivity index is 1.67. The first-order valence-corrected chi connectivity index (χ1v) is 8.92. The second-order valence-electron chi connectivity index (χ2n) is 6.54. The molecule has 1 aliphatic heterocycles. The van der Waals surface area contributed by atoms with Crippen molar-refractivity contribution < 1.29 is 29.9 Å². The lowest BCUT2D eigenvalue weighted by atomic mass is 10.0. The summed E-state index contributed by atoms with van der Waals surface area (Å²) in [6.07, 6.45) is -4.28. The first-order chi connectivity index (χ1) is 16.3. The normalized spacial score (nSPS) is 18.0. The quantitative estimate of drug-likeness (QED) is 0.625. The number of nitrogens with zero attached hydrogens (tertiary/aromatic N) is 3. The van der Waals surface area contributed by atoms with Crippen molar-refractivity contribution in [2.75, 3.05) is 13.1 Å². The smallest absolute Gasteiger partial charge is 0.394 e. The van der Waals surface area contributed by atoms with E-state index in [0.717, 1.165) is 4.90 Å². The van der Waals surface area contributed by atoms with Gasteiger partial charge in [0.25, 0.3) is 5.91 Å². The van der Waals surface area contributed by atoms with Gasteiger partial charge in [0.1, 0.15) is 23.9 Å². The second kappa shape index (κ2) is 8.06. The third kappa shape index (κ3) is 4.53. The number of alkyl halides is 2. The molecule has 1 aliphatic rings. The van der Waals surface area contributed by atoms with E-state index in [9.17, 15) is 13.6 Å². The van der Waals surface area contributed by atoms with Crippen molar-refractivity contribution in [3.8, 4) is 22.6 Å². The molecule has 1 amide bonds. The minimum absolute atomic E-state index is 0.0154. The maximum absolute atomic E-state index is 13.3. The number of halogens is 2. The van der Waals surface area contributed by atoms with Crippen LogP contribution in [0.3, 0.4) is 0 Å². The summed E-state index contributed by atoms with van der Waals surface area (Å²) in [7, 11) is 0. The van der Waals surface area contributed by atoms with Gasteiger partial charge in [-0.1, -0.05) is 18.2 Å². The molecule has 0 bridgehead atoms. The summed E-state index contributed by atoms with van der Waals surface area (Å²) in [4.78, 5) is 22.1. The zero-order valence-electron chi connectivity index (χ0n) is 20.8. The van der Waals surface area contributed by atoms with Gasteiger partial charge >= 0.3 is 6.11 Å². The molecular formula is C22H19F2N3O3. The molecule has 0 unspecified atom stereocenters. The van der Waals surface area contributed by atoms with E-state index in [2.05, 4.69) is 14.7 Å². The van der Waals surface area contributed by atoms with Gasteiger partial charge < -0.3 is 14.4 Å². The van der Waals surface area contributed by atoms with E-state index in [1.54, 1.807) is 18.2 Å². The molecule has 0 saturated heterocycles. The fourth-order valence-corrected chi connectivity index (χ4v) is 2.92. The van der Waals surface area contributed by atoms with Crippen LogP contribution >= 0.6 is 0 Å². The summed E-state index contributed by atoms with van der Waals surface area (Å²) in [5.41, 5.74) is 1.20. The molecule has 2 heterocycles. The molecule has 0 saturated carbocycles. The monoisotopic (exact) mass is 416 g/mol. The minimum Gasteiger partial charge on any atom is -0.491 e. The van der Waals surface area contributed by atoms with Gasteiger partial charge in [-0.2, -0.15) is 8.78 Å². The Morgan fingerprint density at radius 2 is 1.90 bits per heavy atom. The number of amides is 1. The highest BCUT2D eigenvalue weighted by Crippen LogP contribution is 2.31. The van der Waals surface area contributed by atoms with Gasteiger partial charge in [-0.05, 0) is 41.4 Å². The van der Waals surface area contributed by atoms with Crippen molar-refractivity contribution in [1.82, 2.24) is 14.9 Å². The average Bonchev–Trinajstić information content (AvgIpc) is 2.84. The van der Waals surface area contributed by atoms with Crippen LogP contribution in [-0.2, 0) is 6.54 Å². The van der Waals surface area contributed by atoms with Crippen LogP contribution in [0.25, 0.3) is 11.1 Å². The Hall–Kier alpha value is -3.55. The van der Waals surface area contributed by atoms with E-state index in [1.165, 1.54) is 24.3 Å². The average molecular weight is 416 g/mol. The Bertz CT molecular complexity index is 1260. The predicted octanol–water partition coefficient (Wildman–Crippen LogP) is 4.17. The standard InChI is InChI=1S/C22H19F2N3O3/c1-22(23,24)30-17-6-3-15(4-7-17)16-5-8-19-18(13-16)21(28)27(11-12-29-19)14-20-25-9-2-10-26-20/h2-10,13H,11-12,14H2,1H3/i2D,9D,10D,12D2. The molecular weight excluding hydrogens is 392 g/mol. The number of fused-ring (bicyclic) bond motifs is 1. The summed E-state index contributed by atoms with van der Waals surface area (Å²) in [5.74, 6) is -0.689.